The smallest absolute Gasteiger partial charge is 0.143 e. The lowest BCUT2D eigenvalue weighted by molar-refractivity contribution is 0.256. The van der Waals surface area contributed by atoms with Gasteiger partial charge in [0.25, 0.3) is 0 Å². The first kappa shape index (κ1) is 14.1. The highest BCUT2D eigenvalue weighted by Gasteiger charge is 2.28. The van der Waals surface area contributed by atoms with E-state index in [2.05, 4.69) is 11.8 Å². The Hall–Kier alpha value is -0.350. The van der Waals surface area contributed by atoms with Gasteiger partial charge >= 0.3 is 0 Å². The zero-order valence-electron chi connectivity index (χ0n) is 10.3. The van der Waals surface area contributed by atoms with Crippen molar-refractivity contribution in [3.63, 3.8) is 0 Å². The highest BCUT2D eigenvalue weighted by atomic mass is 35.5. The Morgan fingerprint density at radius 1 is 1.39 bits per heavy atom. The van der Waals surface area contributed by atoms with E-state index < -0.39 is 5.82 Å². The summed E-state index contributed by atoms with van der Waals surface area (Å²) in [6, 6.07) is 3.54. The van der Waals surface area contributed by atoms with E-state index in [4.69, 9.17) is 28.9 Å². The molecule has 0 aromatic heterocycles. The molecule has 0 saturated carbocycles. The highest BCUT2D eigenvalue weighted by Crippen LogP contribution is 2.31. The molecule has 0 radical (unpaired) electrons. The SMILES string of the molecule is CC1CC(CN)CN1Cc1ccc(F)c(Cl)c1Cl. The van der Waals surface area contributed by atoms with E-state index in [1.165, 1.54) is 6.07 Å². The van der Waals surface area contributed by atoms with Gasteiger partial charge in [-0.25, -0.2) is 4.39 Å². The molecular weight excluding hydrogens is 274 g/mol. The summed E-state index contributed by atoms with van der Waals surface area (Å²) < 4.78 is 13.2. The van der Waals surface area contributed by atoms with E-state index in [1.807, 2.05) is 0 Å². The number of hydrogen-bond donors (Lipinski definition) is 1. The third kappa shape index (κ3) is 2.80. The molecule has 1 saturated heterocycles. The molecule has 0 amide bonds. The number of rotatable bonds is 3. The van der Waals surface area contributed by atoms with Gasteiger partial charge in [-0.15, -0.1) is 0 Å². The van der Waals surface area contributed by atoms with Crippen LogP contribution in [0.1, 0.15) is 18.9 Å². The highest BCUT2D eigenvalue weighted by molar-refractivity contribution is 6.42. The van der Waals surface area contributed by atoms with Crippen molar-refractivity contribution in [2.24, 2.45) is 11.7 Å². The minimum absolute atomic E-state index is 0.0105. The first-order valence-electron chi connectivity index (χ1n) is 6.09. The van der Waals surface area contributed by atoms with Crippen molar-refractivity contribution in [1.29, 1.82) is 0 Å². The van der Waals surface area contributed by atoms with Crippen LogP contribution in [0, 0.1) is 11.7 Å². The Labute approximate surface area is 117 Å². The van der Waals surface area contributed by atoms with E-state index in [-0.39, 0.29) is 5.02 Å². The number of likely N-dealkylation sites (tertiary alicyclic amines) is 1. The molecular formula is C13H17Cl2FN2. The summed E-state index contributed by atoms with van der Waals surface area (Å²) in [6.07, 6.45) is 1.10. The van der Waals surface area contributed by atoms with Crippen molar-refractivity contribution in [3.8, 4) is 0 Å². The van der Waals surface area contributed by atoms with Crippen molar-refractivity contribution < 1.29 is 4.39 Å². The Morgan fingerprint density at radius 3 is 2.72 bits per heavy atom. The largest absolute Gasteiger partial charge is 0.330 e. The summed E-state index contributed by atoms with van der Waals surface area (Å²) >= 11 is 11.9. The van der Waals surface area contributed by atoms with Crippen LogP contribution in [0.25, 0.3) is 0 Å². The molecule has 1 aliphatic heterocycles. The second kappa shape index (κ2) is 5.74. The van der Waals surface area contributed by atoms with Crippen molar-refractivity contribution in [2.75, 3.05) is 13.1 Å². The van der Waals surface area contributed by atoms with Crippen molar-refractivity contribution in [1.82, 2.24) is 4.90 Å². The lowest BCUT2D eigenvalue weighted by Crippen LogP contribution is -2.27. The molecule has 0 aliphatic carbocycles. The molecule has 2 unspecified atom stereocenters. The predicted octanol–water partition coefficient (Wildman–Crippen LogP) is 3.30. The molecule has 1 fully saturated rings. The van der Waals surface area contributed by atoms with E-state index in [0.29, 0.717) is 30.1 Å². The number of nitrogens with zero attached hydrogens (tertiary/aromatic N) is 1. The fourth-order valence-electron chi connectivity index (χ4n) is 2.52. The number of halogens is 3. The van der Waals surface area contributed by atoms with Gasteiger partial charge in [-0.2, -0.15) is 0 Å². The van der Waals surface area contributed by atoms with Gasteiger partial charge in [0, 0.05) is 19.1 Å². The Balaban J connectivity index is 2.13. The maximum atomic E-state index is 13.2. The van der Waals surface area contributed by atoms with Crippen molar-refractivity contribution >= 4 is 23.2 Å². The number of hydrogen-bond acceptors (Lipinski definition) is 2. The molecule has 1 aromatic carbocycles. The normalized spacial score (nSPS) is 24.7. The third-order valence-electron chi connectivity index (χ3n) is 3.61. The topological polar surface area (TPSA) is 29.3 Å². The van der Waals surface area contributed by atoms with Gasteiger partial charge < -0.3 is 5.73 Å². The molecule has 18 heavy (non-hydrogen) atoms. The van der Waals surface area contributed by atoms with Crippen LogP contribution in [-0.4, -0.2) is 24.0 Å². The number of nitrogens with two attached hydrogens (primary N) is 1. The second-order valence-electron chi connectivity index (χ2n) is 4.95. The van der Waals surface area contributed by atoms with Gasteiger partial charge in [0.1, 0.15) is 5.82 Å². The zero-order chi connectivity index (χ0) is 13.3. The minimum Gasteiger partial charge on any atom is -0.330 e. The van der Waals surface area contributed by atoms with Crippen LogP contribution >= 0.6 is 23.2 Å². The van der Waals surface area contributed by atoms with E-state index in [1.54, 1.807) is 6.07 Å². The minimum atomic E-state index is -0.472. The standard InChI is InChI=1S/C13H17Cl2FN2/c1-8-4-9(5-17)6-18(8)7-10-2-3-11(16)13(15)12(10)14/h2-3,8-9H,4-7,17H2,1H3. The molecule has 1 heterocycles. The van der Waals surface area contributed by atoms with Gasteiger partial charge in [0.2, 0.25) is 0 Å². The summed E-state index contributed by atoms with van der Waals surface area (Å²) in [7, 11) is 0. The van der Waals surface area contributed by atoms with Crippen LogP contribution in [0.15, 0.2) is 12.1 Å². The van der Waals surface area contributed by atoms with Gasteiger partial charge in [-0.3, -0.25) is 4.90 Å². The lowest BCUT2D eigenvalue weighted by Gasteiger charge is -2.22. The summed E-state index contributed by atoms with van der Waals surface area (Å²) in [6.45, 7) is 4.53. The molecule has 5 heteroatoms. The maximum Gasteiger partial charge on any atom is 0.143 e. The average molecular weight is 291 g/mol. The van der Waals surface area contributed by atoms with Gasteiger partial charge in [-0.05, 0) is 37.4 Å². The van der Waals surface area contributed by atoms with Gasteiger partial charge in [-0.1, -0.05) is 29.3 Å². The third-order valence-corrected chi connectivity index (χ3v) is 4.51. The quantitative estimate of drug-likeness (QED) is 0.866. The lowest BCUT2D eigenvalue weighted by atomic mass is 10.1. The fourth-order valence-corrected chi connectivity index (χ4v) is 2.91. The molecule has 0 bridgehead atoms. The van der Waals surface area contributed by atoms with Gasteiger partial charge in [0.15, 0.2) is 0 Å². The van der Waals surface area contributed by atoms with Crippen LogP contribution in [-0.2, 0) is 6.54 Å². The van der Waals surface area contributed by atoms with E-state index in [0.717, 1.165) is 18.5 Å². The van der Waals surface area contributed by atoms with Crippen molar-refractivity contribution in [3.05, 3.63) is 33.6 Å². The van der Waals surface area contributed by atoms with Crippen LogP contribution in [0.2, 0.25) is 10.0 Å². The molecule has 2 nitrogen and oxygen atoms in total. The molecule has 1 aromatic rings. The number of benzene rings is 1. The summed E-state index contributed by atoms with van der Waals surface area (Å²) in [4.78, 5) is 2.31. The molecule has 1 aliphatic rings. The molecule has 2 N–H and O–H groups in total. The van der Waals surface area contributed by atoms with E-state index in [9.17, 15) is 4.39 Å². The van der Waals surface area contributed by atoms with Crippen LogP contribution in [0.4, 0.5) is 4.39 Å². The van der Waals surface area contributed by atoms with Crippen LogP contribution in [0.3, 0.4) is 0 Å². The second-order valence-corrected chi connectivity index (χ2v) is 5.71. The molecule has 2 atom stereocenters. The van der Waals surface area contributed by atoms with Crippen LogP contribution in [0.5, 0.6) is 0 Å². The molecule has 100 valence electrons. The predicted molar refractivity (Wildman–Crippen MR) is 73.5 cm³/mol. The van der Waals surface area contributed by atoms with Crippen molar-refractivity contribution in [2.45, 2.75) is 25.9 Å². The Morgan fingerprint density at radius 2 is 2.11 bits per heavy atom. The summed E-state index contributed by atoms with van der Waals surface area (Å²) in [5.74, 6) is 0.0643. The van der Waals surface area contributed by atoms with Gasteiger partial charge in [0.05, 0.1) is 10.0 Å². The average Bonchev–Trinajstić information content (AvgIpc) is 2.71. The molecule has 0 spiro atoms. The Kier molecular flexibility index (Phi) is 4.49. The summed E-state index contributed by atoms with van der Waals surface area (Å²) in [5, 5.41) is 0.330. The Bertz CT molecular complexity index is 439. The first-order chi connectivity index (χ1) is 8.52. The van der Waals surface area contributed by atoms with Crippen LogP contribution < -0.4 is 5.73 Å². The first-order valence-corrected chi connectivity index (χ1v) is 6.85. The molecule has 2 rings (SSSR count). The summed E-state index contributed by atoms with van der Waals surface area (Å²) in [5.41, 5.74) is 6.57. The fraction of sp³-hybridized carbons (Fsp3) is 0.538. The van der Waals surface area contributed by atoms with E-state index >= 15 is 0 Å². The zero-order valence-corrected chi connectivity index (χ0v) is 11.8. The monoisotopic (exact) mass is 290 g/mol. The maximum absolute atomic E-state index is 13.2.